The molecule has 2 aromatic carbocycles. The Morgan fingerprint density at radius 1 is 1.00 bits per heavy atom. The largest absolute Gasteiger partial charge is 0.465 e. The van der Waals surface area contributed by atoms with Gasteiger partial charge in [0.2, 0.25) is 0 Å². The van der Waals surface area contributed by atoms with E-state index in [-0.39, 0.29) is 5.78 Å². The molecule has 0 bridgehead atoms. The predicted octanol–water partition coefficient (Wildman–Crippen LogP) is 4.26. The van der Waals surface area contributed by atoms with Crippen molar-refractivity contribution in [1.82, 2.24) is 0 Å². The van der Waals surface area contributed by atoms with E-state index in [9.17, 15) is 4.79 Å². The summed E-state index contributed by atoms with van der Waals surface area (Å²) in [6.45, 7) is 0. The van der Waals surface area contributed by atoms with E-state index in [4.69, 9.17) is 4.42 Å². The standard InChI is InChI=1S/C18H14O2/c19-17(9-10-18-6-3-11-20-18)13-14-7-8-15-4-1-2-5-16(15)12-14/h1-12H,13H2/b10-9+. The molecule has 2 heteroatoms. The van der Waals surface area contributed by atoms with Crippen molar-refractivity contribution in [2.45, 2.75) is 6.42 Å². The highest BCUT2D eigenvalue weighted by Crippen LogP contribution is 2.16. The summed E-state index contributed by atoms with van der Waals surface area (Å²) in [6.07, 6.45) is 5.26. The molecule has 0 atom stereocenters. The van der Waals surface area contributed by atoms with Gasteiger partial charge in [0.05, 0.1) is 6.26 Å². The molecule has 0 unspecified atom stereocenters. The second kappa shape index (κ2) is 5.57. The maximum atomic E-state index is 11.9. The lowest BCUT2D eigenvalue weighted by molar-refractivity contribution is -0.113. The quantitative estimate of drug-likeness (QED) is 0.658. The van der Waals surface area contributed by atoms with Gasteiger partial charge in [-0.25, -0.2) is 0 Å². The van der Waals surface area contributed by atoms with Crippen molar-refractivity contribution in [2.75, 3.05) is 0 Å². The van der Waals surface area contributed by atoms with Crippen LogP contribution >= 0.6 is 0 Å². The van der Waals surface area contributed by atoms with Crippen molar-refractivity contribution in [3.05, 3.63) is 78.3 Å². The summed E-state index contributed by atoms with van der Waals surface area (Å²) in [4.78, 5) is 11.9. The van der Waals surface area contributed by atoms with Gasteiger partial charge >= 0.3 is 0 Å². The van der Waals surface area contributed by atoms with Crippen LogP contribution in [-0.4, -0.2) is 5.78 Å². The Labute approximate surface area is 117 Å². The van der Waals surface area contributed by atoms with Gasteiger partial charge in [0.1, 0.15) is 5.76 Å². The summed E-state index contributed by atoms with van der Waals surface area (Å²) in [7, 11) is 0. The van der Waals surface area contributed by atoms with Gasteiger partial charge in [0.15, 0.2) is 5.78 Å². The third kappa shape index (κ3) is 2.86. The molecule has 98 valence electrons. The zero-order valence-electron chi connectivity index (χ0n) is 11.0. The number of carbonyl (C=O) groups excluding carboxylic acids is 1. The van der Waals surface area contributed by atoms with Gasteiger partial charge in [-0.1, -0.05) is 42.5 Å². The summed E-state index contributed by atoms with van der Waals surface area (Å²) in [6, 6.07) is 17.9. The number of benzene rings is 2. The van der Waals surface area contributed by atoms with Gasteiger partial charge in [0.25, 0.3) is 0 Å². The van der Waals surface area contributed by atoms with E-state index in [1.807, 2.05) is 30.3 Å². The van der Waals surface area contributed by atoms with Crippen LogP contribution in [0.5, 0.6) is 0 Å². The van der Waals surface area contributed by atoms with Crippen LogP contribution in [0.1, 0.15) is 11.3 Å². The van der Waals surface area contributed by atoms with Crippen molar-refractivity contribution >= 4 is 22.6 Å². The van der Waals surface area contributed by atoms with E-state index in [0.29, 0.717) is 12.2 Å². The molecule has 0 amide bonds. The van der Waals surface area contributed by atoms with Gasteiger partial charge < -0.3 is 4.42 Å². The maximum Gasteiger partial charge on any atom is 0.160 e. The van der Waals surface area contributed by atoms with Crippen LogP contribution < -0.4 is 0 Å². The Kier molecular flexibility index (Phi) is 3.46. The number of fused-ring (bicyclic) bond motifs is 1. The van der Waals surface area contributed by atoms with E-state index in [2.05, 4.69) is 18.2 Å². The smallest absolute Gasteiger partial charge is 0.160 e. The maximum absolute atomic E-state index is 11.9. The summed E-state index contributed by atoms with van der Waals surface area (Å²) in [5.74, 6) is 0.758. The van der Waals surface area contributed by atoms with E-state index in [0.717, 1.165) is 10.9 Å². The summed E-state index contributed by atoms with van der Waals surface area (Å²) in [5.41, 5.74) is 1.03. The monoisotopic (exact) mass is 262 g/mol. The lowest BCUT2D eigenvalue weighted by atomic mass is 10.0. The number of rotatable bonds is 4. The van der Waals surface area contributed by atoms with Crippen LogP contribution in [0, 0.1) is 0 Å². The Bertz CT molecular complexity index is 752. The zero-order chi connectivity index (χ0) is 13.8. The highest BCUT2D eigenvalue weighted by molar-refractivity contribution is 5.95. The van der Waals surface area contributed by atoms with E-state index in [1.54, 1.807) is 24.5 Å². The van der Waals surface area contributed by atoms with Crippen LogP contribution in [0.4, 0.5) is 0 Å². The number of ketones is 1. The molecule has 0 aliphatic rings. The van der Waals surface area contributed by atoms with Gasteiger partial charge in [-0.2, -0.15) is 0 Å². The molecule has 0 saturated carbocycles. The predicted molar refractivity (Wildman–Crippen MR) is 80.4 cm³/mol. The Morgan fingerprint density at radius 2 is 1.85 bits per heavy atom. The molecule has 0 aliphatic carbocycles. The fourth-order valence-electron chi connectivity index (χ4n) is 2.17. The van der Waals surface area contributed by atoms with Crippen LogP contribution in [0.2, 0.25) is 0 Å². The molecule has 20 heavy (non-hydrogen) atoms. The average Bonchev–Trinajstić information content (AvgIpc) is 2.98. The number of hydrogen-bond acceptors (Lipinski definition) is 2. The minimum Gasteiger partial charge on any atom is -0.465 e. The lowest BCUT2D eigenvalue weighted by Gasteiger charge is -2.01. The van der Waals surface area contributed by atoms with Crippen molar-refractivity contribution in [3.63, 3.8) is 0 Å². The number of furan rings is 1. The summed E-state index contributed by atoms with van der Waals surface area (Å²) < 4.78 is 5.15. The highest BCUT2D eigenvalue weighted by atomic mass is 16.3. The zero-order valence-corrected chi connectivity index (χ0v) is 11.0. The number of hydrogen-bond donors (Lipinski definition) is 0. The SMILES string of the molecule is O=C(/C=C/c1ccco1)Cc1ccc2ccccc2c1. The fraction of sp³-hybridized carbons (Fsp3) is 0.0556. The fourth-order valence-corrected chi connectivity index (χ4v) is 2.17. The Hall–Kier alpha value is -2.61. The third-order valence-electron chi connectivity index (χ3n) is 3.17. The average molecular weight is 262 g/mol. The van der Waals surface area contributed by atoms with Crippen LogP contribution in [0.15, 0.2) is 71.4 Å². The minimum absolute atomic E-state index is 0.0664. The normalized spacial score (nSPS) is 11.2. The molecule has 0 fully saturated rings. The van der Waals surface area contributed by atoms with Crippen molar-refractivity contribution < 1.29 is 9.21 Å². The Morgan fingerprint density at radius 3 is 2.65 bits per heavy atom. The molecule has 0 aliphatic heterocycles. The molecule has 0 N–H and O–H groups in total. The van der Waals surface area contributed by atoms with E-state index >= 15 is 0 Å². The Balaban J connectivity index is 1.74. The lowest BCUT2D eigenvalue weighted by Crippen LogP contribution is -1.98. The molecule has 1 heterocycles. The second-order valence-corrected chi connectivity index (χ2v) is 4.67. The summed E-state index contributed by atoms with van der Waals surface area (Å²) >= 11 is 0. The van der Waals surface area contributed by atoms with Crippen molar-refractivity contribution in [1.29, 1.82) is 0 Å². The number of allylic oxidation sites excluding steroid dienone is 1. The molecule has 0 radical (unpaired) electrons. The van der Waals surface area contributed by atoms with E-state index < -0.39 is 0 Å². The van der Waals surface area contributed by atoms with Gasteiger partial charge in [-0.05, 0) is 40.6 Å². The van der Waals surface area contributed by atoms with Crippen molar-refractivity contribution in [2.24, 2.45) is 0 Å². The molecule has 3 rings (SSSR count). The first-order valence-electron chi connectivity index (χ1n) is 6.53. The van der Waals surface area contributed by atoms with Gasteiger partial charge in [0, 0.05) is 6.42 Å². The second-order valence-electron chi connectivity index (χ2n) is 4.67. The van der Waals surface area contributed by atoms with Crippen molar-refractivity contribution in [3.8, 4) is 0 Å². The number of carbonyl (C=O) groups is 1. The summed E-state index contributed by atoms with van der Waals surface area (Å²) in [5, 5.41) is 2.35. The molecular formula is C18H14O2. The first-order chi connectivity index (χ1) is 9.81. The molecule has 0 saturated heterocycles. The minimum atomic E-state index is 0.0664. The molecule has 0 spiro atoms. The van der Waals surface area contributed by atoms with Crippen LogP contribution in [-0.2, 0) is 11.2 Å². The van der Waals surface area contributed by atoms with Gasteiger partial charge in [-0.3, -0.25) is 4.79 Å². The first kappa shape index (κ1) is 12.4. The molecule has 1 aromatic heterocycles. The van der Waals surface area contributed by atoms with Gasteiger partial charge in [-0.15, -0.1) is 0 Å². The van der Waals surface area contributed by atoms with E-state index in [1.165, 1.54) is 5.39 Å². The van der Waals surface area contributed by atoms with Crippen LogP contribution in [0.3, 0.4) is 0 Å². The third-order valence-corrected chi connectivity index (χ3v) is 3.17. The highest BCUT2D eigenvalue weighted by Gasteiger charge is 2.01. The van der Waals surface area contributed by atoms with Crippen LogP contribution in [0.25, 0.3) is 16.8 Å². The first-order valence-corrected chi connectivity index (χ1v) is 6.53. The molecule has 3 aromatic rings. The topological polar surface area (TPSA) is 30.2 Å². The molecular weight excluding hydrogens is 248 g/mol. The molecule has 2 nitrogen and oxygen atoms in total.